The minimum Gasteiger partial charge on any atom is -0.390 e. The van der Waals surface area contributed by atoms with E-state index in [0.29, 0.717) is 45.1 Å². The van der Waals surface area contributed by atoms with Gasteiger partial charge in [0.2, 0.25) is 23.6 Å². The zero-order chi connectivity index (χ0) is 32.0. The maximum absolute atomic E-state index is 13.8. The minimum absolute atomic E-state index is 0.0801. The number of carbonyl (C=O) groups is 3. The van der Waals surface area contributed by atoms with E-state index < -0.39 is 23.6 Å². The molecule has 3 saturated heterocycles. The molecule has 1 aliphatic carbocycles. The fourth-order valence-electron chi connectivity index (χ4n) is 7.88. The van der Waals surface area contributed by atoms with E-state index in [1.807, 2.05) is 18.2 Å². The van der Waals surface area contributed by atoms with Crippen molar-refractivity contribution in [2.24, 2.45) is 11.8 Å². The highest BCUT2D eigenvalue weighted by Crippen LogP contribution is 2.38. The Morgan fingerprint density at radius 1 is 0.867 bits per heavy atom. The second-order valence-corrected chi connectivity index (χ2v) is 14.1. The first-order chi connectivity index (χ1) is 21.5. The second-order valence-electron chi connectivity index (χ2n) is 14.1. The number of rotatable bonds is 3. The van der Waals surface area contributed by atoms with E-state index in [4.69, 9.17) is 0 Å². The summed E-state index contributed by atoms with van der Waals surface area (Å²) < 4.78 is 27.7. The number of carbonyl (C=O) groups excluding carboxylic acids is 3. The number of likely N-dealkylation sites (tertiary alicyclic amines) is 2. The smallest absolute Gasteiger partial charge is 0.248 e. The van der Waals surface area contributed by atoms with Crippen LogP contribution in [0.5, 0.6) is 0 Å². The van der Waals surface area contributed by atoms with Crippen LogP contribution in [0, 0.1) is 11.8 Å². The van der Waals surface area contributed by atoms with Gasteiger partial charge in [-0.25, -0.2) is 8.78 Å². The van der Waals surface area contributed by atoms with Gasteiger partial charge in [0.05, 0.1) is 24.1 Å². The van der Waals surface area contributed by atoms with Gasteiger partial charge in [-0.2, -0.15) is 0 Å². The summed E-state index contributed by atoms with van der Waals surface area (Å²) in [5.41, 5.74) is 0.499. The molecule has 0 bridgehead atoms. The number of fused-ring (bicyclic) bond motifs is 1. The highest BCUT2D eigenvalue weighted by Gasteiger charge is 2.41. The van der Waals surface area contributed by atoms with Crippen molar-refractivity contribution in [3.63, 3.8) is 0 Å². The summed E-state index contributed by atoms with van der Waals surface area (Å²) in [5.74, 6) is -2.96. The number of aliphatic hydroxyl groups is 1. The Bertz CT molecular complexity index is 1150. The molecule has 4 N–H and O–H groups in total. The van der Waals surface area contributed by atoms with Crippen molar-refractivity contribution in [1.82, 2.24) is 25.8 Å². The van der Waals surface area contributed by atoms with Crippen LogP contribution < -0.4 is 16.0 Å². The number of nitrogens with one attached hydrogen (secondary N) is 3. The van der Waals surface area contributed by atoms with Crippen molar-refractivity contribution in [2.45, 2.75) is 114 Å². The summed E-state index contributed by atoms with van der Waals surface area (Å²) in [7, 11) is 0. The van der Waals surface area contributed by atoms with Gasteiger partial charge in [-0.15, -0.1) is 0 Å². The molecule has 250 valence electrons. The van der Waals surface area contributed by atoms with Gasteiger partial charge in [0.15, 0.2) is 0 Å². The number of nitrogens with zero attached hydrogens (tertiary/aromatic N) is 2. The predicted octanol–water partition coefficient (Wildman–Crippen LogP) is 3.21. The third-order valence-electron chi connectivity index (χ3n) is 10.7. The van der Waals surface area contributed by atoms with E-state index in [0.717, 1.165) is 39.1 Å². The highest BCUT2D eigenvalue weighted by molar-refractivity contribution is 5.81. The molecular formula is C34H51F2N5O4. The van der Waals surface area contributed by atoms with Gasteiger partial charge in [-0.1, -0.05) is 30.3 Å². The van der Waals surface area contributed by atoms with Gasteiger partial charge in [-0.3, -0.25) is 19.3 Å². The van der Waals surface area contributed by atoms with Crippen LogP contribution in [0.15, 0.2) is 30.3 Å². The summed E-state index contributed by atoms with van der Waals surface area (Å²) in [4.78, 5) is 44.3. The van der Waals surface area contributed by atoms with E-state index >= 15 is 0 Å². The summed E-state index contributed by atoms with van der Waals surface area (Å²) in [6, 6.07) is 9.74. The highest BCUT2D eigenvalue weighted by atomic mass is 19.3. The zero-order valence-corrected chi connectivity index (χ0v) is 26.6. The Kier molecular flexibility index (Phi) is 11.1. The average Bonchev–Trinajstić information content (AvgIpc) is 2.99. The van der Waals surface area contributed by atoms with E-state index in [1.165, 1.54) is 5.56 Å². The molecule has 0 radical (unpaired) electrons. The Morgan fingerprint density at radius 2 is 1.58 bits per heavy atom. The predicted molar refractivity (Wildman–Crippen MR) is 167 cm³/mol. The quantitative estimate of drug-likeness (QED) is 0.408. The molecular weight excluding hydrogens is 580 g/mol. The average molecular weight is 632 g/mol. The van der Waals surface area contributed by atoms with Gasteiger partial charge in [-0.05, 0) is 69.4 Å². The van der Waals surface area contributed by atoms with E-state index in [9.17, 15) is 28.3 Å². The van der Waals surface area contributed by atoms with Crippen LogP contribution in [0.1, 0.15) is 83.1 Å². The number of alkyl halides is 2. The van der Waals surface area contributed by atoms with Gasteiger partial charge >= 0.3 is 0 Å². The van der Waals surface area contributed by atoms with Crippen LogP contribution >= 0.6 is 0 Å². The summed E-state index contributed by atoms with van der Waals surface area (Å²) >= 11 is 0. The topological polar surface area (TPSA) is 114 Å². The van der Waals surface area contributed by atoms with E-state index in [1.54, 1.807) is 6.92 Å². The molecule has 4 aliphatic rings. The Hall–Kier alpha value is -2.63. The first kappa shape index (κ1) is 33.7. The van der Waals surface area contributed by atoms with Gasteiger partial charge in [0.25, 0.3) is 0 Å². The number of aliphatic hydroxyl groups excluding tert-OH is 1. The van der Waals surface area contributed by atoms with Crippen molar-refractivity contribution >= 4 is 17.7 Å². The van der Waals surface area contributed by atoms with Crippen molar-refractivity contribution in [1.29, 1.82) is 0 Å². The normalized spacial score (nSPS) is 31.4. The summed E-state index contributed by atoms with van der Waals surface area (Å²) in [5, 5.41) is 20.0. The Labute approximate surface area is 265 Å². The van der Waals surface area contributed by atoms with Gasteiger partial charge in [0, 0.05) is 64.4 Å². The Morgan fingerprint density at radius 3 is 2.29 bits per heavy atom. The molecule has 11 heteroatoms. The number of benzene rings is 1. The number of hydrogen-bond donors (Lipinski definition) is 4. The number of amides is 3. The van der Waals surface area contributed by atoms with Gasteiger partial charge in [0.1, 0.15) is 0 Å². The lowest BCUT2D eigenvalue weighted by Gasteiger charge is -2.44. The largest absolute Gasteiger partial charge is 0.390 e. The fourth-order valence-corrected chi connectivity index (χ4v) is 7.88. The molecule has 0 aromatic heterocycles. The molecule has 0 unspecified atom stereocenters. The van der Waals surface area contributed by atoms with Crippen LogP contribution in [-0.2, 0) is 20.9 Å². The molecule has 45 heavy (non-hydrogen) atoms. The van der Waals surface area contributed by atoms with Crippen molar-refractivity contribution in [3.8, 4) is 0 Å². The molecule has 1 aromatic rings. The number of halogens is 2. The molecule has 5 rings (SSSR count). The van der Waals surface area contributed by atoms with Crippen LogP contribution in [-0.4, -0.2) is 95.0 Å². The lowest BCUT2D eigenvalue weighted by Crippen LogP contribution is -2.58. The molecule has 4 atom stereocenters. The molecule has 3 heterocycles. The first-order valence-electron chi connectivity index (χ1n) is 16.9. The molecule has 4 fully saturated rings. The lowest BCUT2D eigenvalue weighted by molar-refractivity contribution is -0.130. The minimum atomic E-state index is -2.57. The second kappa shape index (κ2) is 14.9. The van der Waals surface area contributed by atoms with E-state index in [-0.39, 0.29) is 61.3 Å². The summed E-state index contributed by atoms with van der Waals surface area (Å²) in [6.07, 6.45) is 2.72. The van der Waals surface area contributed by atoms with Crippen molar-refractivity contribution in [2.75, 3.05) is 32.7 Å². The monoisotopic (exact) mass is 631 g/mol. The molecule has 3 amide bonds. The molecule has 9 nitrogen and oxygen atoms in total. The first-order valence-corrected chi connectivity index (χ1v) is 16.9. The fraction of sp³-hybridized carbons (Fsp3) is 0.735. The standard InChI is InChI=1S/C34H51F2N5O4/c1-24-29(42)20-31(44)39-33(13-17-40(18-14-33)22-25-5-3-2-4-6-25)21-32(45)37-15-9-27-23-41(16-10-26(27)19-30(43)38-24)28-7-11-34(35,36)12-8-28/h2-6,24,26-29,42H,7-23H2,1H3,(H,37,45)(H,38,43)(H,39,44)/t24-,26-,27-,29-/m0/s1. The van der Waals surface area contributed by atoms with Crippen LogP contribution in [0.3, 0.4) is 0 Å². The molecule has 1 aromatic carbocycles. The molecule has 1 spiro atoms. The van der Waals surface area contributed by atoms with Gasteiger partial charge < -0.3 is 26.0 Å². The van der Waals surface area contributed by atoms with Crippen LogP contribution in [0.25, 0.3) is 0 Å². The lowest BCUT2D eigenvalue weighted by atomic mass is 9.79. The van der Waals surface area contributed by atoms with Crippen LogP contribution in [0.2, 0.25) is 0 Å². The molecule has 3 aliphatic heterocycles. The van der Waals surface area contributed by atoms with Crippen molar-refractivity contribution < 1.29 is 28.3 Å². The summed E-state index contributed by atoms with van der Waals surface area (Å²) in [6.45, 7) is 5.91. The number of piperidine rings is 2. The molecule has 1 saturated carbocycles. The number of hydrogen-bond acceptors (Lipinski definition) is 6. The van der Waals surface area contributed by atoms with Crippen LogP contribution in [0.4, 0.5) is 8.78 Å². The SMILES string of the molecule is C[C@@H]1NC(=O)C[C@@H]2CCN(C3CCC(F)(F)CC3)C[C@@H]2CCNC(=O)CC2(CCN(Cc3ccccc3)CC2)NC(=O)C[C@@H]1O. The Balaban J connectivity index is 1.25. The zero-order valence-electron chi connectivity index (χ0n) is 26.6. The van der Waals surface area contributed by atoms with E-state index in [2.05, 4.69) is 37.9 Å². The third kappa shape index (κ3) is 9.45. The maximum Gasteiger partial charge on any atom is 0.248 e. The third-order valence-corrected chi connectivity index (χ3v) is 10.7. The van der Waals surface area contributed by atoms with Crippen molar-refractivity contribution in [3.05, 3.63) is 35.9 Å². The maximum atomic E-state index is 13.8.